The van der Waals surface area contributed by atoms with Crippen LogP contribution in [0, 0.1) is 6.92 Å². The molecule has 1 aromatic heterocycles. The molecule has 1 aliphatic heterocycles. The van der Waals surface area contributed by atoms with Crippen molar-refractivity contribution in [3.05, 3.63) is 15.0 Å². The lowest BCUT2D eigenvalue weighted by Crippen LogP contribution is -2.46. The molecule has 0 spiro atoms. The van der Waals surface area contributed by atoms with E-state index < -0.39 is 5.60 Å². The van der Waals surface area contributed by atoms with Gasteiger partial charge in [0.2, 0.25) is 0 Å². The molecule has 0 unspecified atom stereocenters. The van der Waals surface area contributed by atoms with Gasteiger partial charge in [0.05, 0.1) is 9.88 Å². The van der Waals surface area contributed by atoms with Gasteiger partial charge in [0, 0.05) is 25.7 Å². The van der Waals surface area contributed by atoms with Gasteiger partial charge in [-0.25, -0.2) is 9.78 Å². The number of carbonyl (C=O) groups excluding carboxylic acids is 1. The Morgan fingerprint density at radius 3 is 2.59 bits per heavy atom. The Kier molecular flexibility index (Phi) is 5.69. The number of aromatic nitrogens is 1. The first-order valence-corrected chi connectivity index (χ1v) is 8.77. The fraction of sp³-hybridized carbons (Fsp3) is 0.733. The minimum absolute atomic E-state index is 0.216. The summed E-state index contributed by atoms with van der Waals surface area (Å²) < 4.78 is 5.40. The molecule has 0 bridgehead atoms. The van der Waals surface area contributed by atoms with Gasteiger partial charge in [-0.05, 0) is 40.5 Å². The van der Waals surface area contributed by atoms with Crippen molar-refractivity contribution in [3.63, 3.8) is 0 Å². The number of nitrogens with one attached hydrogen (secondary N) is 1. The standard InChI is InChI=1S/C15H24ClN3O2S/c1-10-18-13(16)12(22-10)9-17-11-5-7-19(8-6-11)14(20)21-15(2,3)4/h11,17H,5-9H2,1-4H3. The molecule has 124 valence electrons. The lowest BCUT2D eigenvalue weighted by molar-refractivity contribution is 0.0198. The van der Waals surface area contributed by atoms with Gasteiger partial charge in [0.25, 0.3) is 0 Å². The van der Waals surface area contributed by atoms with Crippen LogP contribution in [0.5, 0.6) is 0 Å². The number of piperidine rings is 1. The molecule has 2 rings (SSSR count). The van der Waals surface area contributed by atoms with E-state index in [-0.39, 0.29) is 6.09 Å². The Hall–Kier alpha value is -0.850. The van der Waals surface area contributed by atoms with Crippen LogP contribution in [0.2, 0.25) is 5.15 Å². The summed E-state index contributed by atoms with van der Waals surface area (Å²) in [6.07, 6.45) is 1.63. The lowest BCUT2D eigenvalue weighted by Gasteiger charge is -2.33. The summed E-state index contributed by atoms with van der Waals surface area (Å²) in [5.74, 6) is 0. The molecule has 1 aromatic rings. The Balaban J connectivity index is 1.75. The minimum Gasteiger partial charge on any atom is -0.444 e. The van der Waals surface area contributed by atoms with Crippen molar-refractivity contribution in [2.75, 3.05) is 13.1 Å². The predicted octanol–water partition coefficient (Wildman–Crippen LogP) is 3.59. The largest absolute Gasteiger partial charge is 0.444 e. The Labute approximate surface area is 141 Å². The van der Waals surface area contributed by atoms with Crippen molar-refractivity contribution < 1.29 is 9.53 Å². The molecule has 1 amide bonds. The maximum Gasteiger partial charge on any atom is 0.410 e. The zero-order valence-corrected chi connectivity index (χ0v) is 15.2. The molecular weight excluding hydrogens is 322 g/mol. The van der Waals surface area contributed by atoms with Gasteiger partial charge in [-0.3, -0.25) is 0 Å². The third-order valence-corrected chi connectivity index (χ3v) is 4.85. The van der Waals surface area contributed by atoms with E-state index in [1.54, 1.807) is 16.2 Å². The van der Waals surface area contributed by atoms with Crippen LogP contribution in [0.3, 0.4) is 0 Å². The van der Waals surface area contributed by atoms with E-state index >= 15 is 0 Å². The molecule has 5 nitrogen and oxygen atoms in total. The number of rotatable bonds is 3. The Bertz CT molecular complexity index is 519. The van der Waals surface area contributed by atoms with Gasteiger partial charge in [0.1, 0.15) is 10.8 Å². The lowest BCUT2D eigenvalue weighted by atomic mass is 10.1. The summed E-state index contributed by atoms with van der Waals surface area (Å²) in [5.41, 5.74) is -0.438. The van der Waals surface area contributed by atoms with Crippen LogP contribution in [0.15, 0.2) is 0 Å². The molecule has 1 saturated heterocycles. The monoisotopic (exact) mass is 345 g/mol. The summed E-state index contributed by atoms with van der Waals surface area (Å²) >= 11 is 7.70. The number of halogens is 1. The number of ether oxygens (including phenoxy) is 1. The van der Waals surface area contributed by atoms with Crippen LogP contribution in [-0.2, 0) is 11.3 Å². The summed E-state index contributed by atoms with van der Waals surface area (Å²) in [6.45, 7) is 9.81. The third kappa shape index (κ3) is 5.11. The third-order valence-electron chi connectivity index (χ3n) is 3.45. The van der Waals surface area contributed by atoms with Crippen molar-refractivity contribution in [2.24, 2.45) is 0 Å². The van der Waals surface area contributed by atoms with E-state index in [0.29, 0.717) is 11.2 Å². The highest BCUT2D eigenvalue weighted by atomic mass is 35.5. The van der Waals surface area contributed by atoms with E-state index in [2.05, 4.69) is 10.3 Å². The van der Waals surface area contributed by atoms with Crippen LogP contribution in [-0.4, -0.2) is 40.7 Å². The maximum absolute atomic E-state index is 12.0. The molecule has 2 heterocycles. The molecule has 1 N–H and O–H groups in total. The van der Waals surface area contributed by atoms with Crippen molar-refractivity contribution in [2.45, 2.75) is 58.7 Å². The van der Waals surface area contributed by atoms with Gasteiger partial charge in [-0.15, -0.1) is 11.3 Å². The molecule has 0 radical (unpaired) electrons. The van der Waals surface area contributed by atoms with E-state index in [0.717, 1.165) is 42.4 Å². The van der Waals surface area contributed by atoms with E-state index in [1.807, 2.05) is 27.7 Å². The predicted molar refractivity (Wildman–Crippen MR) is 89.5 cm³/mol. The van der Waals surface area contributed by atoms with Crippen LogP contribution in [0.25, 0.3) is 0 Å². The molecule has 7 heteroatoms. The number of nitrogens with zero attached hydrogens (tertiary/aromatic N) is 2. The topological polar surface area (TPSA) is 54.5 Å². The highest BCUT2D eigenvalue weighted by Gasteiger charge is 2.26. The zero-order chi connectivity index (χ0) is 16.3. The Morgan fingerprint density at radius 1 is 1.45 bits per heavy atom. The van der Waals surface area contributed by atoms with E-state index in [1.165, 1.54) is 0 Å². The minimum atomic E-state index is -0.438. The Morgan fingerprint density at radius 2 is 2.09 bits per heavy atom. The average Bonchev–Trinajstić information content (AvgIpc) is 2.73. The first-order chi connectivity index (χ1) is 10.2. The van der Waals surface area contributed by atoms with Crippen LogP contribution in [0.1, 0.15) is 43.5 Å². The van der Waals surface area contributed by atoms with Crippen LogP contribution >= 0.6 is 22.9 Å². The van der Waals surface area contributed by atoms with Crippen LogP contribution < -0.4 is 5.32 Å². The summed E-state index contributed by atoms with van der Waals surface area (Å²) in [5, 5.41) is 5.09. The molecule has 0 aliphatic carbocycles. The van der Waals surface area contributed by atoms with Gasteiger partial charge in [-0.1, -0.05) is 11.6 Å². The second-order valence-electron chi connectivity index (χ2n) is 6.57. The van der Waals surface area contributed by atoms with Gasteiger partial charge in [0.15, 0.2) is 0 Å². The molecule has 1 fully saturated rings. The molecule has 22 heavy (non-hydrogen) atoms. The molecular formula is C15H24ClN3O2S. The first-order valence-electron chi connectivity index (χ1n) is 7.58. The number of amides is 1. The van der Waals surface area contributed by atoms with Gasteiger partial charge >= 0.3 is 6.09 Å². The van der Waals surface area contributed by atoms with E-state index in [9.17, 15) is 4.79 Å². The second-order valence-corrected chi connectivity index (χ2v) is 8.22. The second kappa shape index (κ2) is 7.15. The maximum atomic E-state index is 12.0. The van der Waals surface area contributed by atoms with Crippen molar-refractivity contribution in [1.29, 1.82) is 0 Å². The number of hydrogen-bond donors (Lipinski definition) is 1. The zero-order valence-electron chi connectivity index (χ0n) is 13.6. The molecule has 0 saturated carbocycles. The molecule has 0 atom stereocenters. The number of carbonyl (C=O) groups is 1. The van der Waals surface area contributed by atoms with Crippen LogP contribution in [0.4, 0.5) is 4.79 Å². The SMILES string of the molecule is Cc1nc(Cl)c(CNC2CCN(C(=O)OC(C)(C)C)CC2)s1. The summed E-state index contributed by atoms with van der Waals surface area (Å²) in [6, 6.07) is 0.400. The number of hydrogen-bond acceptors (Lipinski definition) is 5. The normalized spacial score (nSPS) is 16.9. The smallest absolute Gasteiger partial charge is 0.410 e. The number of aryl methyl sites for hydroxylation is 1. The fourth-order valence-electron chi connectivity index (χ4n) is 2.38. The summed E-state index contributed by atoms with van der Waals surface area (Å²) in [7, 11) is 0. The van der Waals surface area contributed by atoms with E-state index in [4.69, 9.17) is 16.3 Å². The fourth-order valence-corrected chi connectivity index (χ4v) is 3.52. The molecule has 0 aromatic carbocycles. The van der Waals surface area contributed by atoms with Crippen molar-refractivity contribution in [3.8, 4) is 0 Å². The van der Waals surface area contributed by atoms with Gasteiger partial charge in [-0.2, -0.15) is 0 Å². The quantitative estimate of drug-likeness (QED) is 0.909. The van der Waals surface area contributed by atoms with Crippen molar-refractivity contribution in [1.82, 2.24) is 15.2 Å². The number of thiazole rings is 1. The average molecular weight is 346 g/mol. The van der Waals surface area contributed by atoms with Gasteiger partial charge < -0.3 is 15.0 Å². The molecule has 1 aliphatic rings. The van der Waals surface area contributed by atoms with Crippen molar-refractivity contribution >= 4 is 29.0 Å². The number of likely N-dealkylation sites (tertiary alicyclic amines) is 1. The highest BCUT2D eigenvalue weighted by Crippen LogP contribution is 2.23. The first kappa shape index (κ1) is 17.5. The summed E-state index contributed by atoms with van der Waals surface area (Å²) in [4.78, 5) is 19.1. The highest BCUT2D eigenvalue weighted by molar-refractivity contribution is 7.12.